The summed E-state index contributed by atoms with van der Waals surface area (Å²) in [6, 6.07) is 1.30. The van der Waals surface area contributed by atoms with Crippen molar-refractivity contribution in [3.8, 4) is 0 Å². The zero-order valence-corrected chi connectivity index (χ0v) is 12.2. The molecule has 0 aromatic carbocycles. The summed E-state index contributed by atoms with van der Waals surface area (Å²) in [5.41, 5.74) is 6.50. The Kier molecular flexibility index (Phi) is 4.06. The molecule has 0 saturated carbocycles. The average molecular weight is 290 g/mol. The lowest BCUT2D eigenvalue weighted by molar-refractivity contribution is -0.119. The van der Waals surface area contributed by atoms with Gasteiger partial charge in [-0.2, -0.15) is 10.2 Å². The van der Waals surface area contributed by atoms with Gasteiger partial charge in [0.15, 0.2) is 5.69 Å². The fraction of sp³-hybridized carbons (Fsp3) is 0.385. The van der Waals surface area contributed by atoms with Gasteiger partial charge in [-0.15, -0.1) is 0 Å². The Bertz CT molecular complexity index is 672. The number of hydrogen-bond donors (Lipinski definition) is 2. The number of nitrogens with one attached hydrogen (secondary N) is 1. The van der Waals surface area contributed by atoms with Crippen LogP contribution in [-0.2, 0) is 11.3 Å². The van der Waals surface area contributed by atoms with E-state index < -0.39 is 11.9 Å². The van der Waals surface area contributed by atoms with E-state index >= 15 is 0 Å². The van der Waals surface area contributed by atoms with E-state index in [2.05, 4.69) is 15.5 Å². The minimum absolute atomic E-state index is 0.0505. The molecule has 0 aliphatic rings. The summed E-state index contributed by atoms with van der Waals surface area (Å²) in [5, 5.41) is 10.8. The number of rotatable bonds is 5. The standard InChI is InChI=1S/C13H18N6O2/c1-4-18-7-10(11(17-18)12(14)20)16-13(21)9(3)19-8(2)5-6-15-19/h5-7,9H,4H2,1-3H3,(H2,14,20)(H,16,21). The molecule has 0 saturated heterocycles. The summed E-state index contributed by atoms with van der Waals surface area (Å²) in [5.74, 6) is -0.972. The van der Waals surface area contributed by atoms with Crippen molar-refractivity contribution >= 4 is 17.5 Å². The molecule has 1 atom stereocenters. The van der Waals surface area contributed by atoms with Crippen LogP contribution in [0.5, 0.6) is 0 Å². The van der Waals surface area contributed by atoms with Gasteiger partial charge in [-0.25, -0.2) is 0 Å². The number of primary amides is 1. The third kappa shape index (κ3) is 2.93. The Morgan fingerprint density at radius 2 is 2.19 bits per heavy atom. The number of carbonyl (C=O) groups is 2. The Labute approximate surface area is 121 Å². The molecule has 0 fully saturated rings. The van der Waals surface area contributed by atoms with E-state index in [0.29, 0.717) is 12.2 Å². The van der Waals surface area contributed by atoms with Crippen LogP contribution in [0.3, 0.4) is 0 Å². The van der Waals surface area contributed by atoms with Gasteiger partial charge in [-0.3, -0.25) is 19.0 Å². The van der Waals surface area contributed by atoms with Crippen molar-refractivity contribution in [1.29, 1.82) is 0 Å². The monoisotopic (exact) mass is 290 g/mol. The number of aromatic nitrogens is 4. The number of amides is 2. The van der Waals surface area contributed by atoms with Crippen molar-refractivity contribution in [1.82, 2.24) is 19.6 Å². The molecular weight excluding hydrogens is 272 g/mol. The predicted molar refractivity (Wildman–Crippen MR) is 76.7 cm³/mol. The Morgan fingerprint density at radius 3 is 2.71 bits per heavy atom. The number of hydrogen-bond acceptors (Lipinski definition) is 4. The number of nitrogens with two attached hydrogens (primary N) is 1. The molecule has 2 rings (SSSR count). The van der Waals surface area contributed by atoms with E-state index in [1.54, 1.807) is 28.7 Å². The smallest absolute Gasteiger partial charge is 0.271 e. The van der Waals surface area contributed by atoms with Crippen LogP contribution in [0.2, 0.25) is 0 Å². The molecule has 21 heavy (non-hydrogen) atoms. The topological polar surface area (TPSA) is 108 Å². The lowest BCUT2D eigenvalue weighted by atomic mass is 10.2. The van der Waals surface area contributed by atoms with Crippen LogP contribution in [0.15, 0.2) is 18.5 Å². The summed E-state index contributed by atoms with van der Waals surface area (Å²) in [6.45, 7) is 6.04. The van der Waals surface area contributed by atoms with Gasteiger partial charge in [-0.05, 0) is 26.8 Å². The first-order valence-corrected chi connectivity index (χ1v) is 6.62. The molecule has 2 amide bonds. The molecule has 2 aromatic heterocycles. The van der Waals surface area contributed by atoms with E-state index in [1.165, 1.54) is 0 Å². The van der Waals surface area contributed by atoms with Gasteiger partial charge in [0.2, 0.25) is 5.91 Å². The predicted octanol–water partition coefficient (Wildman–Crippen LogP) is 0.707. The summed E-state index contributed by atoms with van der Waals surface area (Å²) >= 11 is 0. The van der Waals surface area contributed by atoms with Crippen molar-refractivity contribution in [3.63, 3.8) is 0 Å². The molecule has 1 unspecified atom stereocenters. The molecular formula is C13H18N6O2. The maximum atomic E-state index is 12.3. The van der Waals surface area contributed by atoms with Gasteiger partial charge in [0.1, 0.15) is 6.04 Å². The SMILES string of the molecule is CCn1cc(NC(=O)C(C)n2nccc2C)c(C(N)=O)n1. The zero-order chi connectivity index (χ0) is 15.6. The molecule has 8 nitrogen and oxygen atoms in total. The minimum Gasteiger partial charge on any atom is -0.364 e. The molecule has 0 bridgehead atoms. The first-order valence-electron chi connectivity index (χ1n) is 6.62. The number of anilines is 1. The van der Waals surface area contributed by atoms with Gasteiger partial charge in [-0.1, -0.05) is 0 Å². The highest BCUT2D eigenvalue weighted by atomic mass is 16.2. The maximum Gasteiger partial charge on any atom is 0.271 e. The second-order valence-corrected chi connectivity index (χ2v) is 4.69. The summed E-state index contributed by atoms with van der Waals surface area (Å²) in [4.78, 5) is 23.6. The van der Waals surface area contributed by atoms with Crippen molar-refractivity contribution in [2.24, 2.45) is 5.73 Å². The van der Waals surface area contributed by atoms with Crippen molar-refractivity contribution in [2.45, 2.75) is 33.4 Å². The van der Waals surface area contributed by atoms with E-state index in [1.807, 2.05) is 19.9 Å². The maximum absolute atomic E-state index is 12.3. The van der Waals surface area contributed by atoms with E-state index in [4.69, 9.17) is 5.73 Å². The van der Waals surface area contributed by atoms with E-state index in [-0.39, 0.29) is 11.6 Å². The minimum atomic E-state index is -0.680. The second kappa shape index (κ2) is 5.78. The molecule has 0 radical (unpaired) electrons. The first-order chi connectivity index (χ1) is 9.93. The summed E-state index contributed by atoms with van der Waals surface area (Å²) < 4.78 is 3.14. The fourth-order valence-corrected chi connectivity index (χ4v) is 1.99. The van der Waals surface area contributed by atoms with E-state index in [0.717, 1.165) is 5.69 Å². The molecule has 0 spiro atoms. The number of aryl methyl sites for hydroxylation is 2. The van der Waals surface area contributed by atoms with Gasteiger partial charge in [0.25, 0.3) is 5.91 Å². The Balaban J connectivity index is 2.21. The van der Waals surface area contributed by atoms with Crippen LogP contribution in [0.1, 0.15) is 36.1 Å². The molecule has 3 N–H and O–H groups in total. The normalized spacial score (nSPS) is 12.1. The van der Waals surface area contributed by atoms with Crippen molar-refractivity contribution in [2.75, 3.05) is 5.32 Å². The molecule has 0 aliphatic carbocycles. The van der Waals surface area contributed by atoms with Gasteiger partial charge in [0.05, 0.1) is 5.69 Å². The lowest BCUT2D eigenvalue weighted by Gasteiger charge is -2.13. The van der Waals surface area contributed by atoms with Crippen LogP contribution in [-0.4, -0.2) is 31.4 Å². The number of carbonyl (C=O) groups excluding carboxylic acids is 2. The van der Waals surface area contributed by atoms with Gasteiger partial charge in [0, 0.05) is 24.6 Å². The third-order valence-electron chi connectivity index (χ3n) is 3.19. The largest absolute Gasteiger partial charge is 0.364 e. The van der Waals surface area contributed by atoms with Crippen LogP contribution >= 0.6 is 0 Å². The van der Waals surface area contributed by atoms with Crippen molar-refractivity contribution in [3.05, 3.63) is 29.8 Å². The summed E-state index contributed by atoms with van der Waals surface area (Å²) in [6.07, 6.45) is 3.21. The van der Waals surface area contributed by atoms with E-state index in [9.17, 15) is 9.59 Å². The molecule has 0 aliphatic heterocycles. The van der Waals surface area contributed by atoms with Gasteiger partial charge >= 0.3 is 0 Å². The zero-order valence-electron chi connectivity index (χ0n) is 12.2. The Morgan fingerprint density at radius 1 is 1.48 bits per heavy atom. The van der Waals surface area contributed by atoms with Gasteiger partial charge < -0.3 is 11.1 Å². The molecule has 2 heterocycles. The lowest BCUT2D eigenvalue weighted by Crippen LogP contribution is -2.26. The second-order valence-electron chi connectivity index (χ2n) is 4.69. The third-order valence-corrected chi connectivity index (χ3v) is 3.19. The Hall–Kier alpha value is -2.64. The number of nitrogens with zero attached hydrogens (tertiary/aromatic N) is 4. The summed E-state index contributed by atoms with van der Waals surface area (Å²) in [7, 11) is 0. The van der Waals surface area contributed by atoms with Crippen LogP contribution < -0.4 is 11.1 Å². The van der Waals surface area contributed by atoms with Crippen LogP contribution in [0, 0.1) is 6.92 Å². The molecule has 2 aromatic rings. The molecule has 112 valence electrons. The first kappa shape index (κ1) is 14.8. The quantitative estimate of drug-likeness (QED) is 0.845. The highest BCUT2D eigenvalue weighted by Gasteiger charge is 2.21. The molecule has 8 heteroatoms. The fourth-order valence-electron chi connectivity index (χ4n) is 1.99. The highest BCUT2D eigenvalue weighted by Crippen LogP contribution is 2.16. The van der Waals surface area contributed by atoms with Crippen LogP contribution in [0.25, 0.3) is 0 Å². The van der Waals surface area contributed by atoms with Crippen LogP contribution in [0.4, 0.5) is 5.69 Å². The highest BCUT2D eigenvalue weighted by molar-refractivity contribution is 6.02. The van der Waals surface area contributed by atoms with Crippen molar-refractivity contribution < 1.29 is 9.59 Å². The average Bonchev–Trinajstić information content (AvgIpc) is 3.04.